The van der Waals surface area contributed by atoms with Crippen LogP contribution in [0.2, 0.25) is 0 Å². The Morgan fingerprint density at radius 3 is 2.86 bits per heavy atom. The van der Waals surface area contributed by atoms with E-state index in [0.29, 0.717) is 23.3 Å². The minimum atomic E-state index is -0.535. The molecule has 106 valence electrons. The van der Waals surface area contributed by atoms with Gasteiger partial charge in [-0.25, -0.2) is 0 Å². The second-order valence-electron chi connectivity index (χ2n) is 5.39. The number of pyridine rings is 2. The third-order valence-corrected chi connectivity index (χ3v) is 3.25. The maximum atomic E-state index is 12.2. The number of nitrogens with zero attached hydrogens (tertiary/aromatic N) is 2. The van der Waals surface area contributed by atoms with Gasteiger partial charge < -0.3 is 4.74 Å². The van der Waals surface area contributed by atoms with Gasteiger partial charge in [-0.15, -0.1) is 0 Å². The second-order valence-corrected chi connectivity index (χ2v) is 5.39. The summed E-state index contributed by atoms with van der Waals surface area (Å²) >= 11 is 0. The molecule has 3 heterocycles. The molecular formula is C16H14N2O3. The standard InChI is InChI=1S/C16H14N2O3/c1-16(2)8-13(12-9-17-5-3-14(12)21-16)18-6-4-11(10-19)7-15(18)20/h3-10H,1-2H3. The summed E-state index contributed by atoms with van der Waals surface area (Å²) < 4.78 is 7.37. The van der Waals surface area contributed by atoms with Gasteiger partial charge in [-0.05, 0) is 32.1 Å². The number of carbonyl (C=O) groups is 1. The van der Waals surface area contributed by atoms with E-state index in [1.165, 1.54) is 10.6 Å². The van der Waals surface area contributed by atoms with Crippen molar-refractivity contribution in [3.8, 4) is 5.75 Å². The Labute approximate surface area is 121 Å². The minimum Gasteiger partial charge on any atom is -0.483 e. The first-order valence-corrected chi connectivity index (χ1v) is 6.55. The molecule has 1 aliphatic rings. The van der Waals surface area contributed by atoms with Crippen LogP contribution in [-0.4, -0.2) is 21.4 Å². The maximum Gasteiger partial charge on any atom is 0.255 e. The predicted molar refractivity (Wildman–Crippen MR) is 78.4 cm³/mol. The van der Waals surface area contributed by atoms with Gasteiger partial charge >= 0.3 is 0 Å². The monoisotopic (exact) mass is 282 g/mol. The van der Waals surface area contributed by atoms with Gasteiger partial charge in [0.25, 0.3) is 5.56 Å². The normalized spacial score (nSPS) is 15.6. The summed E-state index contributed by atoms with van der Waals surface area (Å²) in [5, 5.41) is 0. The van der Waals surface area contributed by atoms with Crippen LogP contribution in [0.25, 0.3) is 5.70 Å². The molecule has 21 heavy (non-hydrogen) atoms. The predicted octanol–water partition coefficient (Wildman–Crippen LogP) is 2.12. The molecule has 0 saturated carbocycles. The molecule has 5 nitrogen and oxygen atoms in total. The number of fused-ring (bicyclic) bond motifs is 1. The quantitative estimate of drug-likeness (QED) is 0.792. The van der Waals surface area contributed by atoms with Crippen molar-refractivity contribution in [3.05, 3.63) is 64.3 Å². The molecule has 0 aliphatic carbocycles. The van der Waals surface area contributed by atoms with Crippen molar-refractivity contribution in [2.75, 3.05) is 0 Å². The highest BCUT2D eigenvalue weighted by Crippen LogP contribution is 2.35. The van der Waals surface area contributed by atoms with Crippen molar-refractivity contribution in [2.45, 2.75) is 19.4 Å². The van der Waals surface area contributed by atoms with Gasteiger partial charge in [-0.2, -0.15) is 0 Å². The summed E-state index contributed by atoms with van der Waals surface area (Å²) in [6.45, 7) is 3.84. The Balaban J connectivity index is 2.23. The number of hydrogen-bond acceptors (Lipinski definition) is 4. The van der Waals surface area contributed by atoms with Crippen LogP contribution in [0.5, 0.6) is 5.75 Å². The van der Waals surface area contributed by atoms with Crippen LogP contribution >= 0.6 is 0 Å². The van der Waals surface area contributed by atoms with Gasteiger partial charge in [-0.3, -0.25) is 19.1 Å². The van der Waals surface area contributed by atoms with E-state index in [1.807, 2.05) is 19.9 Å². The largest absolute Gasteiger partial charge is 0.483 e. The third kappa shape index (κ3) is 2.38. The van der Waals surface area contributed by atoms with E-state index in [1.54, 1.807) is 30.7 Å². The number of aromatic nitrogens is 2. The molecule has 0 N–H and O–H groups in total. The molecule has 0 fully saturated rings. The average molecular weight is 282 g/mol. The zero-order valence-corrected chi connectivity index (χ0v) is 11.7. The first-order chi connectivity index (χ1) is 10.00. The Hall–Kier alpha value is -2.69. The van der Waals surface area contributed by atoms with Crippen LogP contribution in [0.4, 0.5) is 0 Å². The molecule has 3 rings (SSSR count). The molecule has 1 aliphatic heterocycles. The Bertz CT molecular complexity index is 803. The van der Waals surface area contributed by atoms with E-state index in [4.69, 9.17) is 4.74 Å². The van der Waals surface area contributed by atoms with E-state index in [0.717, 1.165) is 5.56 Å². The molecule has 2 aromatic rings. The fourth-order valence-corrected chi connectivity index (χ4v) is 2.35. The van der Waals surface area contributed by atoms with Gasteiger partial charge in [0.15, 0.2) is 0 Å². The van der Waals surface area contributed by atoms with E-state index >= 15 is 0 Å². The number of rotatable bonds is 2. The Kier molecular flexibility index (Phi) is 2.97. The highest BCUT2D eigenvalue weighted by atomic mass is 16.5. The molecule has 2 aromatic heterocycles. The molecule has 0 spiro atoms. The zero-order chi connectivity index (χ0) is 15.0. The van der Waals surface area contributed by atoms with Gasteiger partial charge in [0, 0.05) is 30.2 Å². The van der Waals surface area contributed by atoms with Crippen LogP contribution in [-0.2, 0) is 0 Å². The van der Waals surface area contributed by atoms with Crippen LogP contribution < -0.4 is 10.3 Å². The van der Waals surface area contributed by atoms with Crippen molar-refractivity contribution in [1.82, 2.24) is 9.55 Å². The Morgan fingerprint density at radius 2 is 2.14 bits per heavy atom. The van der Waals surface area contributed by atoms with E-state index in [9.17, 15) is 9.59 Å². The van der Waals surface area contributed by atoms with Crippen LogP contribution in [0.1, 0.15) is 29.8 Å². The molecule has 0 radical (unpaired) electrons. The maximum absolute atomic E-state index is 12.2. The average Bonchev–Trinajstić information content (AvgIpc) is 2.45. The summed E-state index contributed by atoms with van der Waals surface area (Å²) in [5.41, 5.74) is 1.01. The fraction of sp³-hybridized carbons (Fsp3) is 0.188. The molecule has 0 amide bonds. The van der Waals surface area contributed by atoms with Gasteiger partial charge in [0.2, 0.25) is 0 Å². The lowest BCUT2D eigenvalue weighted by atomic mass is 10.0. The SMILES string of the molecule is CC1(C)C=C(n2ccc(C=O)cc2=O)c2cnccc2O1. The molecule has 0 aromatic carbocycles. The molecule has 5 heteroatoms. The van der Waals surface area contributed by atoms with Crippen molar-refractivity contribution >= 4 is 12.0 Å². The summed E-state index contributed by atoms with van der Waals surface area (Å²) in [6, 6.07) is 4.69. The topological polar surface area (TPSA) is 61.2 Å². The van der Waals surface area contributed by atoms with Crippen LogP contribution in [0.3, 0.4) is 0 Å². The summed E-state index contributed by atoms with van der Waals surface area (Å²) in [5.74, 6) is 0.680. The van der Waals surface area contributed by atoms with Crippen molar-refractivity contribution in [1.29, 1.82) is 0 Å². The lowest BCUT2D eigenvalue weighted by molar-refractivity contribution is 0.112. The second kappa shape index (κ2) is 4.70. The van der Waals surface area contributed by atoms with E-state index in [2.05, 4.69) is 4.98 Å². The van der Waals surface area contributed by atoms with Crippen molar-refractivity contribution in [2.24, 2.45) is 0 Å². The van der Waals surface area contributed by atoms with Crippen molar-refractivity contribution in [3.63, 3.8) is 0 Å². The molecule has 0 atom stereocenters. The van der Waals surface area contributed by atoms with E-state index < -0.39 is 5.60 Å². The zero-order valence-electron chi connectivity index (χ0n) is 11.7. The molecule has 0 unspecified atom stereocenters. The molecular weight excluding hydrogens is 268 g/mol. The molecule has 0 bridgehead atoms. The highest BCUT2D eigenvalue weighted by molar-refractivity contribution is 5.76. The summed E-state index contributed by atoms with van der Waals surface area (Å²) in [4.78, 5) is 27.1. The number of ether oxygens (including phenoxy) is 1. The number of carbonyl (C=O) groups excluding carboxylic acids is 1. The van der Waals surface area contributed by atoms with Crippen LogP contribution in [0.15, 0.2) is 47.7 Å². The first-order valence-electron chi connectivity index (χ1n) is 6.55. The summed E-state index contributed by atoms with van der Waals surface area (Å²) in [6.07, 6.45) is 7.44. The van der Waals surface area contributed by atoms with E-state index in [-0.39, 0.29) is 5.56 Å². The van der Waals surface area contributed by atoms with Gasteiger partial charge in [-0.1, -0.05) is 0 Å². The van der Waals surface area contributed by atoms with Gasteiger partial charge in [0.05, 0.1) is 11.3 Å². The minimum absolute atomic E-state index is 0.265. The van der Waals surface area contributed by atoms with Gasteiger partial charge in [0.1, 0.15) is 17.6 Å². The fourth-order valence-electron chi connectivity index (χ4n) is 2.35. The molecule has 0 saturated heterocycles. The Morgan fingerprint density at radius 1 is 1.33 bits per heavy atom. The lowest BCUT2D eigenvalue weighted by Crippen LogP contribution is -2.32. The lowest BCUT2D eigenvalue weighted by Gasteiger charge is -2.31. The number of aldehydes is 1. The highest BCUT2D eigenvalue weighted by Gasteiger charge is 2.27. The first kappa shape index (κ1) is 13.3. The van der Waals surface area contributed by atoms with Crippen LogP contribution in [0, 0.1) is 0 Å². The van der Waals surface area contributed by atoms with Crippen molar-refractivity contribution < 1.29 is 9.53 Å². The smallest absolute Gasteiger partial charge is 0.255 e. The number of hydrogen-bond donors (Lipinski definition) is 0. The third-order valence-electron chi connectivity index (χ3n) is 3.25. The summed E-state index contributed by atoms with van der Waals surface area (Å²) in [7, 11) is 0.